The molecule has 0 aliphatic heterocycles. The van der Waals surface area contributed by atoms with Gasteiger partial charge in [-0.2, -0.15) is 0 Å². The number of rotatable bonds is 4. The summed E-state index contributed by atoms with van der Waals surface area (Å²) < 4.78 is 5.12. The van der Waals surface area contributed by atoms with Gasteiger partial charge in [0.1, 0.15) is 11.7 Å². The molecule has 3 nitrogen and oxygen atoms in total. The maximum atomic E-state index is 10.7. The SMILES string of the molecule is CCC(Cl)(Oc1ccccc1)C(=O)[O-].[Na+]. The van der Waals surface area contributed by atoms with Gasteiger partial charge in [0, 0.05) is 6.42 Å². The van der Waals surface area contributed by atoms with Crippen LogP contribution in [0.4, 0.5) is 0 Å². The number of carboxylic acid groups (broad SMARTS) is 1. The average molecular weight is 237 g/mol. The molecule has 0 aliphatic carbocycles. The van der Waals surface area contributed by atoms with Gasteiger partial charge in [-0.05, 0) is 12.1 Å². The van der Waals surface area contributed by atoms with E-state index in [4.69, 9.17) is 16.3 Å². The van der Waals surface area contributed by atoms with E-state index in [-0.39, 0.29) is 36.0 Å². The molecule has 0 saturated heterocycles. The van der Waals surface area contributed by atoms with Gasteiger partial charge in [0.05, 0.1) is 0 Å². The van der Waals surface area contributed by atoms with E-state index in [2.05, 4.69) is 0 Å². The normalized spacial score (nSPS) is 13.5. The minimum absolute atomic E-state index is 0. The van der Waals surface area contributed by atoms with Crippen molar-refractivity contribution in [2.45, 2.75) is 18.4 Å². The fourth-order valence-electron chi connectivity index (χ4n) is 0.934. The quantitative estimate of drug-likeness (QED) is 0.456. The Balaban J connectivity index is 0.00000196. The van der Waals surface area contributed by atoms with E-state index in [1.165, 1.54) is 0 Å². The second kappa shape index (κ2) is 6.38. The number of carboxylic acids is 1. The summed E-state index contributed by atoms with van der Waals surface area (Å²) in [5.74, 6) is -1.01. The minimum atomic E-state index is -1.78. The molecule has 5 heteroatoms. The van der Waals surface area contributed by atoms with Crippen molar-refractivity contribution in [2.75, 3.05) is 0 Å². The third-order valence-electron chi connectivity index (χ3n) is 1.78. The number of benzene rings is 1. The Morgan fingerprint density at radius 3 is 2.40 bits per heavy atom. The fraction of sp³-hybridized carbons (Fsp3) is 0.300. The monoisotopic (exact) mass is 236 g/mol. The standard InChI is InChI=1S/C10H11ClO3.Na/c1-2-10(11,9(12)13)14-8-6-4-3-5-7-8;/h3-7H,2H2,1H3,(H,12,13);/q;+1/p-1. The summed E-state index contributed by atoms with van der Waals surface area (Å²) in [4.78, 5) is 10.7. The predicted molar refractivity (Wildman–Crippen MR) is 51.0 cm³/mol. The molecule has 0 saturated carbocycles. The Labute approximate surface area is 116 Å². The van der Waals surface area contributed by atoms with Crippen LogP contribution < -0.4 is 39.4 Å². The molecular formula is C10H10ClNaO3. The number of hydrogen-bond donors (Lipinski definition) is 0. The van der Waals surface area contributed by atoms with Crippen LogP contribution in [0.1, 0.15) is 13.3 Å². The molecule has 0 aromatic heterocycles. The van der Waals surface area contributed by atoms with Crippen LogP contribution in [-0.2, 0) is 4.79 Å². The zero-order valence-corrected chi connectivity index (χ0v) is 11.5. The molecule has 1 rings (SSSR count). The van der Waals surface area contributed by atoms with Gasteiger partial charge in [0.25, 0.3) is 0 Å². The van der Waals surface area contributed by atoms with Gasteiger partial charge in [-0.15, -0.1) is 0 Å². The van der Waals surface area contributed by atoms with E-state index in [1.807, 2.05) is 0 Å². The molecule has 15 heavy (non-hydrogen) atoms. The number of halogens is 1. The Kier molecular flexibility index (Phi) is 6.29. The van der Waals surface area contributed by atoms with E-state index in [1.54, 1.807) is 37.3 Å². The van der Waals surface area contributed by atoms with Gasteiger partial charge in [-0.1, -0.05) is 36.7 Å². The van der Waals surface area contributed by atoms with E-state index >= 15 is 0 Å². The Hall–Kier alpha value is -0.220. The van der Waals surface area contributed by atoms with Crippen molar-refractivity contribution < 1.29 is 44.2 Å². The van der Waals surface area contributed by atoms with E-state index in [0.717, 1.165) is 0 Å². The molecule has 1 aromatic carbocycles. The zero-order valence-electron chi connectivity index (χ0n) is 8.70. The van der Waals surface area contributed by atoms with Crippen molar-refractivity contribution in [3.8, 4) is 5.75 Å². The molecule has 0 radical (unpaired) electrons. The molecule has 1 atom stereocenters. The van der Waals surface area contributed by atoms with Crippen molar-refractivity contribution in [3.05, 3.63) is 30.3 Å². The van der Waals surface area contributed by atoms with Gasteiger partial charge < -0.3 is 14.6 Å². The smallest absolute Gasteiger partial charge is 0.544 e. The first-order valence-corrected chi connectivity index (χ1v) is 4.60. The molecule has 1 unspecified atom stereocenters. The maximum Gasteiger partial charge on any atom is 1.00 e. The average Bonchev–Trinajstić information content (AvgIpc) is 2.19. The van der Waals surface area contributed by atoms with Crippen LogP contribution in [0.25, 0.3) is 0 Å². The number of hydrogen-bond acceptors (Lipinski definition) is 3. The Morgan fingerprint density at radius 1 is 1.47 bits per heavy atom. The van der Waals surface area contributed by atoms with E-state index in [9.17, 15) is 9.90 Å². The largest absolute Gasteiger partial charge is 1.00 e. The molecule has 0 amide bonds. The molecular weight excluding hydrogens is 227 g/mol. The fourth-order valence-corrected chi connectivity index (χ4v) is 1.02. The number of carbonyl (C=O) groups is 1. The number of alkyl halides is 1. The van der Waals surface area contributed by atoms with Crippen LogP contribution >= 0.6 is 11.6 Å². The molecule has 0 heterocycles. The summed E-state index contributed by atoms with van der Waals surface area (Å²) in [7, 11) is 0. The van der Waals surface area contributed by atoms with Crippen LogP contribution in [0.2, 0.25) is 0 Å². The predicted octanol–water partition coefficient (Wildman–Crippen LogP) is -1.84. The van der Waals surface area contributed by atoms with Crippen LogP contribution in [0.5, 0.6) is 5.75 Å². The van der Waals surface area contributed by atoms with Crippen LogP contribution in [0, 0.1) is 0 Å². The first kappa shape index (κ1) is 14.8. The Bertz CT molecular complexity index is 318. The Morgan fingerprint density at radius 2 is 2.00 bits per heavy atom. The summed E-state index contributed by atoms with van der Waals surface area (Å²) in [6.07, 6.45) is 0.131. The van der Waals surface area contributed by atoms with Gasteiger partial charge in [0.2, 0.25) is 5.06 Å². The molecule has 0 bridgehead atoms. The van der Waals surface area contributed by atoms with Gasteiger partial charge in [0.15, 0.2) is 0 Å². The van der Waals surface area contributed by atoms with E-state index in [0.29, 0.717) is 5.75 Å². The number of carbonyl (C=O) groups excluding carboxylic acids is 1. The third-order valence-corrected chi connectivity index (χ3v) is 2.28. The van der Waals surface area contributed by atoms with Crippen molar-refractivity contribution >= 4 is 17.6 Å². The third kappa shape index (κ3) is 4.03. The van der Waals surface area contributed by atoms with Crippen LogP contribution in [0.3, 0.4) is 0 Å². The van der Waals surface area contributed by atoms with Gasteiger partial charge >= 0.3 is 29.6 Å². The topological polar surface area (TPSA) is 49.4 Å². The first-order valence-electron chi connectivity index (χ1n) is 4.23. The summed E-state index contributed by atoms with van der Waals surface area (Å²) in [6, 6.07) is 8.54. The van der Waals surface area contributed by atoms with E-state index < -0.39 is 11.0 Å². The molecule has 0 aliphatic rings. The summed E-state index contributed by atoms with van der Waals surface area (Å²) in [5, 5.41) is 8.91. The molecule has 0 N–H and O–H groups in total. The summed E-state index contributed by atoms with van der Waals surface area (Å²) >= 11 is 5.71. The molecule has 0 fully saturated rings. The minimum Gasteiger partial charge on any atom is -0.544 e. The molecule has 76 valence electrons. The first-order chi connectivity index (χ1) is 6.58. The summed E-state index contributed by atoms with van der Waals surface area (Å²) in [6.45, 7) is 1.62. The second-order valence-electron chi connectivity index (χ2n) is 2.78. The second-order valence-corrected chi connectivity index (χ2v) is 3.40. The molecule has 1 aromatic rings. The van der Waals surface area contributed by atoms with Crippen molar-refractivity contribution in [1.82, 2.24) is 0 Å². The van der Waals surface area contributed by atoms with Crippen LogP contribution in [0.15, 0.2) is 30.3 Å². The van der Waals surface area contributed by atoms with Crippen molar-refractivity contribution in [1.29, 1.82) is 0 Å². The number of aliphatic carboxylic acids is 1. The van der Waals surface area contributed by atoms with Crippen molar-refractivity contribution in [3.63, 3.8) is 0 Å². The zero-order chi connectivity index (χ0) is 10.6. The maximum absolute atomic E-state index is 10.7. The number of ether oxygens (including phenoxy) is 1. The number of para-hydroxylation sites is 1. The van der Waals surface area contributed by atoms with Crippen molar-refractivity contribution in [2.24, 2.45) is 0 Å². The van der Waals surface area contributed by atoms with Crippen LogP contribution in [-0.4, -0.2) is 11.0 Å². The molecule has 0 spiro atoms. The van der Waals surface area contributed by atoms with Gasteiger partial charge in [-0.3, -0.25) is 0 Å². The summed E-state index contributed by atoms with van der Waals surface area (Å²) in [5.41, 5.74) is 0. The van der Waals surface area contributed by atoms with Gasteiger partial charge in [-0.25, -0.2) is 0 Å².